The summed E-state index contributed by atoms with van der Waals surface area (Å²) >= 11 is 0. The molecule has 2 N–H and O–H groups in total. The van der Waals surface area contributed by atoms with E-state index in [1.807, 2.05) is 0 Å². The van der Waals surface area contributed by atoms with E-state index < -0.39 is 0 Å². The maximum Gasteiger partial charge on any atom is 0.0622 e. The van der Waals surface area contributed by atoms with Crippen molar-refractivity contribution in [2.75, 3.05) is 13.7 Å². The fourth-order valence-electron chi connectivity index (χ4n) is 3.17. The molecule has 1 unspecified atom stereocenters. The Morgan fingerprint density at radius 3 is 2.41 bits per heavy atom. The molecule has 2 nitrogen and oxygen atoms in total. The lowest BCUT2D eigenvalue weighted by Crippen LogP contribution is -2.49. The molecule has 0 aliphatic heterocycles. The van der Waals surface area contributed by atoms with Gasteiger partial charge in [0.05, 0.1) is 6.61 Å². The van der Waals surface area contributed by atoms with Crippen molar-refractivity contribution < 1.29 is 4.74 Å². The molecule has 0 bridgehead atoms. The fraction of sp³-hybridized carbons (Fsp3) is 0.600. The highest BCUT2D eigenvalue weighted by Crippen LogP contribution is 2.41. The SMILES string of the molecule is COCC(N)C1(c2ccccc2)CCCCC1. The second kappa shape index (κ2) is 5.65. The van der Waals surface area contributed by atoms with Gasteiger partial charge in [-0.2, -0.15) is 0 Å². The Morgan fingerprint density at radius 1 is 1.18 bits per heavy atom. The molecule has 0 aromatic heterocycles. The molecule has 1 aliphatic carbocycles. The van der Waals surface area contributed by atoms with Crippen LogP contribution in [0.4, 0.5) is 0 Å². The average Bonchev–Trinajstić information content (AvgIpc) is 2.41. The quantitative estimate of drug-likeness (QED) is 0.868. The van der Waals surface area contributed by atoms with Gasteiger partial charge in [0.1, 0.15) is 0 Å². The van der Waals surface area contributed by atoms with E-state index >= 15 is 0 Å². The lowest BCUT2D eigenvalue weighted by atomic mass is 9.65. The van der Waals surface area contributed by atoms with Crippen molar-refractivity contribution in [2.45, 2.75) is 43.6 Å². The van der Waals surface area contributed by atoms with Gasteiger partial charge in [0, 0.05) is 18.6 Å². The van der Waals surface area contributed by atoms with Crippen molar-refractivity contribution in [3.63, 3.8) is 0 Å². The summed E-state index contributed by atoms with van der Waals surface area (Å²) in [7, 11) is 1.74. The van der Waals surface area contributed by atoms with Crippen molar-refractivity contribution in [1.82, 2.24) is 0 Å². The Hall–Kier alpha value is -0.860. The smallest absolute Gasteiger partial charge is 0.0622 e. The monoisotopic (exact) mass is 233 g/mol. The molecule has 0 saturated heterocycles. The Balaban J connectivity index is 2.29. The van der Waals surface area contributed by atoms with Crippen LogP contribution in [0.15, 0.2) is 30.3 Å². The van der Waals surface area contributed by atoms with Crippen LogP contribution < -0.4 is 5.73 Å². The van der Waals surface area contributed by atoms with Gasteiger partial charge in [-0.15, -0.1) is 0 Å². The number of benzene rings is 1. The molecule has 2 heteroatoms. The molecule has 17 heavy (non-hydrogen) atoms. The molecule has 1 aliphatic rings. The van der Waals surface area contributed by atoms with Gasteiger partial charge in [-0.25, -0.2) is 0 Å². The Labute approximate surface area is 104 Å². The minimum Gasteiger partial charge on any atom is -0.383 e. The number of hydrogen-bond donors (Lipinski definition) is 1. The molecule has 1 fully saturated rings. The lowest BCUT2D eigenvalue weighted by molar-refractivity contribution is 0.124. The van der Waals surface area contributed by atoms with E-state index in [9.17, 15) is 0 Å². The van der Waals surface area contributed by atoms with Gasteiger partial charge in [-0.05, 0) is 18.4 Å². The second-order valence-corrected chi connectivity index (χ2v) is 5.14. The summed E-state index contributed by atoms with van der Waals surface area (Å²) in [5, 5.41) is 0. The Kier molecular flexibility index (Phi) is 4.19. The maximum absolute atomic E-state index is 6.40. The zero-order valence-corrected chi connectivity index (χ0v) is 10.7. The van der Waals surface area contributed by atoms with E-state index in [-0.39, 0.29) is 11.5 Å². The molecule has 0 heterocycles. The predicted molar refractivity (Wildman–Crippen MR) is 71.1 cm³/mol. The summed E-state index contributed by atoms with van der Waals surface area (Å²) in [5.41, 5.74) is 7.93. The summed E-state index contributed by atoms with van der Waals surface area (Å²) in [5.74, 6) is 0. The normalized spacial score (nSPS) is 21.1. The third kappa shape index (κ3) is 2.53. The van der Waals surface area contributed by atoms with E-state index in [2.05, 4.69) is 30.3 Å². The van der Waals surface area contributed by atoms with Crippen LogP contribution in [-0.4, -0.2) is 19.8 Å². The van der Waals surface area contributed by atoms with Crippen LogP contribution in [0.2, 0.25) is 0 Å². The predicted octanol–water partition coefficient (Wildman–Crippen LogP) is 2.86. The van der Waals surface area contributed by atoms with Crippen LogP contribution in [0.3, 0.4) is 0 Å². The lowest BCUT2D eigenvalue weighted by Gasteiger charge is -2.42. The van der Waals surface area contributed by atoms with E-state index in [1.54, 1.807) is 7.11 Å². The molecular formula is C15H23NO. The van der Waals surface area contributed by atoms with Crippen LogP contribution in [0, 0.1) is 0 Å². The van der Waals surface area contributed by atoms with E-state index in [0.29, 0.717) is 6.61 Å². The fourth-order valence-corrected chi connectivity index (χ4v) is 3.17. The van der Waals surface area contributed by atoms with Gasteiger partial charge in [0.15, 0.2) is 0 Å². The molecule has 1 aromatic carbocycles. The van der Waals surface area contributed by atoms with Gasteiger partial charge in [0.25, 0.3) is 0 Å². The van der Waals surface area contributed by atoms with Crippen molar-refractivity contribution in [3.05, 3.63) is 35.9 Å². The summed E-state index contributed by atoms with van der Waals surface area (Å²) in [6.07, 6.45) is 6.30. The Bertz CT molecular complexity index is 330. The number of ether oxygens (including phenoxy) is 1. The van der Waals surface area contributed by atoms with E-state index in [1.165, 1.54) is 37.7 Å². The molecule has 1 aromatic rings. The van der Waals surface area contributed by atoms with Crippen LogP contribution in [-0.2, 0) is 10.2 Å². The van der Waals surface area contributed by atoms with Crippen LogP contribution in [0.25, 0.3) is 0 Å². The standard InChI is InChI=1S/C15H23NO/c1-17-12-14(16)15(10-6-3-7-11-15)13-8-4-2-5-9-13/h2,4-5,8-9,14H,3,6-7,10-12,16H2,1H3. The van der Waals surface area contributed by atoms with E-state index in [0.717, 1.165) is 0 Å². The van der Waals surface area contributed by atoms with Crippen molar-refractivity contribution in [1.29, 1.82) is 0 Å². The second-order valence-electron chi connectivity index (χ2n) is 5.14. The van der Waals surface area contributed by atoms with Crippen molar-refractivity contribution in [2.24, 2.45) is 5.73 Å². The minimum atomic E-state index is 0.107. The van der Waals surface area contributed by atoms with E-state index in [4.69, 9.17) is 10.5 Å². The summed E-state index contributed by atoms with van der Waals surface area (Å²) in [6.45, 7) is 0.648. The van der Waals surface area contributed by atoms with Gasteiger partial charge >= 0.3 is 0 Å². The molecular weight excluding hydrogens is 210 g/mol. The molecule has 94 valence electrons. The molecule has 1 saturated carbocycles. The van der Waals surface area contributed by atoms with Gasteiger partial charge in [0.2, 0.25) is 0 Å². The van der Waals surface area contributed by atoms with Gasteiger partial charge in [-0.1, -0.05) is 49.6 Å². The van der Waals surface area contributed by atoms with Crippen LogP contribution in [0.1, 0.15) is 37.7 Å². The summed E-state index contributed by atoms with van der Waals surface area (Å²) in [6, 6.07) is 10.9. The topological polar surface area (TPSA) is 35.2 Å². The maximum atomic E-state index is 6.40. The van der Waals surface area contributed by atoms with Gasteiger partial charge in [-0.3, -0.25) is 0 Å². The highest BCUT2D eigenvalue weighted by Gasteiger charge is 2.39. The van der Waals surface area contributed by atoms with Crippen molar-refractivity contribution in [3.8, 4) is 0 Å². The van der Waals surface area contributed by atoms with Crippen LogP contribution >= 0.6 is 0 Å². The van der Waals surface area contributed by atoms with Crippen LogP contribution in [0.5, 0.6) is 0 Å². The number of methoxy groups -OCH3 is 1. The minimum absolute atomic E-state index is 0.107. The molecule has 2 rings (SSSR count). The summed E-state index contributed by atoms with van der Waals surface area (Å²) < 4.78 is 5.28. The first-order valence-corrected chi connectivity index (χ1v) is 6.59. The average molecular weight is 233 g/mol. The third-order valence-corrected chi connectivity index (χ3v) is 4.15. The number of rotatable bonds is 4. The first-order valence-electron chi connectivity index (χ1n) is 6.59. The first-order chi connectivity index (χ1) is 8.29. The molecule has 0 amide bonds. The largest absolute Gasteiger partial charge is 0.383 e. The first kappa shape index (κ1) is 12.6. The highest BCUT2D eigenvalue weighted by atomic mass is 16.5. The molecule has 1 atom stereocenters. The third-order valence-electron chi connectivity index (χ3n) is 4.15. The zero-order valence-electron chi connectivity index (χ0n) is 10.7. The number of hydrogen-bond acceptors (Lipinski definition) is 2. The zero-order chi connectivity index (χ0) is 12.1. The molecule has 0 radical (unpaired) electrons. The highest BCUT2D eigenvalue weighted by molar-refractivity contribution is 5.28. The Morgan fingerprint density at radius 2 is 1.82 bits per heavy atom. The summed E-state index contributed by atoms with van der Waals surface area (Å²) in [4.78, 5) is 0. The number of nitrogens with two attached hydrogens (primary N) is 1. The van der Waals surface area contributed by atoms with Gasteiger partial charge < -0.3 is 10.5 Å². The molecule has 0 spiro atoms. The van der Waals surface area contributed by atoms with Crippen molar-refractivity contribution >= 4 is 0 Å².